The maximum Gasteiger partial charge on any atom is 0.305 e. The maximum atomic E-state index is 10.6. The van der Waals surface area contributed by atoms with E-state index in [-0.39, 0.29) is 6.42 Å². The molecule has 1 aromatic rings. The molecular formula is C11H14BrNO3. The molecule has 0 saturated carbocycles. The van der Waals surface area contributed by atoms with E-state index in [2.05, 4.69) is 15.9 Å². The number of hydrogen-bond donors (Lipinski definition) is 2. The molecule has 0 fully saturated rings. The molecule has 0 amide bonds. The van der Waals surface area contributed by atoms with Gasteiger partial charge in [0.15, 0.2) is 0 Å². The third-order valence-electron chi connectivity index (χ3n) is 2.21. The van der Waals surface area contributed by atoms with Gasteiger partial charge in [0.05, 0.1) is 18.0 Å². The van der Waals surface area contributed by atoms with Crippen LogP contribution in [0.1, 0.15) is 23.6 Å². The first-order chi connectivity index (χ1) is 7.45. The first-order valence-corrected chi connectivity index (χ1v) is 5.56. The summed E-state index contributed by atoms with van der Waals surface area (Å²) in [5.74, 6) is -0.327. The number of hydrogen-bond acceptors (Lipinski definition) is 3. The third kappa shape index (κ3) is 2.96. The van der Waals surface area contributed by atoms with Gasteiger partial charge >= 0.3 is 5.97 Å². The lowest BCUT2D eigenvalue weighted by Crippen LogP contribution is -2.16. The number of rotatable bonds is 4. The van der Waals surface area contributed by atoms with Crippen molar-refractivity contribution in [3.05, 3.63) is 27.7 Å². The molecule has 16 heavy (non-hydrogen) atoms. The second-order valence-electron chi connectivity index (χ2n) is 3.57. The Bertz CT molecular complexity index is 406. The van der Waals surface area contributed by atoms with E-state index in [1.54, 1.807) is 0 Å². The Morgan fingerprint density at radius 2 is 2.25 bits per heavy atom. The molecule has 0 aliphatic rings. The number of methoxy groups -OCH3 is 1. The molecule has 0 aliphatic heterocycles. The molecule has 88 valence electrons. The zero-order chi connectivity index (χ0) is 12.3. The summed E-state index contributed by atoms with van der Waals surface area (Å²) in [6.07, 6.45) is -0.119. The molecule has 0 aromatic heterocycles. The van der Waals surface area contributed by atoms with Crippen LogP contribution >= 0.6 is 15.9 Å². The number of nitrogens with two attached hydrogens (primary N) is 1. The summed E-state index contributed by atoms with van der Waals surface area (Å²) < 4.78 is 6.00. The molecule has 1 atom stereocenters. The highest BCUT2D eigenvalue weighted by Gasteiger charge is 2.17. The molecule has 0 radical (unpaired) electrons. The summed E-state index contributed by atoms with van der Waals surface area (Å²) in [7, 11) is 1.53. The standard InChI is InChI=1S/C11H14BrNO3/c1-6-3-7(9(13)5-10(14)15)11(16-2)8(12)4-6/h3-4,9H,5,13H2,1-2H3,(H,14,15). The number of carboxylic acids is 1. The Labute approximate surface area is 103 Å². The fraction of sp³-hybridized carbons (Fsp3) is 0.364. The van der Waals surface area contributed by atoms with Crippen LogP contribution in [0.25, 0.3) is 0 Å². The molecule has 1 unspecified atom stereocenters. The van der Waals surface area contributed by atoms with Crippen LogP contribution < -0.4 is 10.5 Å². The molecule has 0 saturated heterocycles. The van der Waals surface area contributed by atoms with Gasteiger partial charge in [-0.25, -0.2) is 0 Å². The van der Waals surface area contributed by atoms with Crippen molar-refractivity contribution in [3.63, 3.8) is 0 Å². The number of benzene rings is 1. The van der Waals surface area contributed by atoms with Crippen molar-refractivity contribution in [2.24, 2.45) is 5.73 Å². The highest BCUT2D eigenvalue weighted by Crippen LogP contribution is 2.34. The van der Waals surface area contributed by atoms with Gasteiger partial charge in [0, 0.05) is 11.6 Å². The zero-order valence-corrected chi connectivity index (χ0v) is 10.7. The van der Waals surface area contributed by atoms with E-state index in [0.29, 0.717) is 11.3 Å². The van der Waals surface area contributed by atoms with Crippen LogP contribution in [0.4, 0.5) is 0 Å². The zero-order valence-electron chi connectivity index (χ0n) is 9.16. The highest BCUT2D eigenvalue weighted by molar-refractivity contribution is 9.10. The van der Waals surface area contributed by atoms with Crippen LogP contribution in [0, 0.1) is 6.92 Å². The summed E-state index contributed by atoms with van der Waals surface area (Å²) in [4.78, 5) is 10.6. The van der Waals surface area contributed by atoms with Crippen LogP contribution in [-0.4, -0.2) is 18.2 Å². The van der Waals surface area contributed by atoms with Crippen LogP contribution in [0.5, 0.6) is 5.75 Å². The number of halogens is 1. The molecular weight excluding hydrogens is 274 g/mol. The molecule has 1 aromatic carbocycles. The number of ether oxygens (including phenoxy) is 1. The third-order valence-corrected chi connectivity index (χ3v) is 2.80. The number of aryl methyl sites for hydroxylation is 1. The molecule has 0 heterocycles. The van der Waals surface area contributed by atoms with E-state index in [0.717, 1.165) is 10.0 Å². The van der Waals surface area contributed by atoms with E-state index in [9.17, 15) is 4.79 Å². The fourth-order valence-corrected chi connectivity index (χ4v) is 2.30. The average molecular weight is 288 g/mol. The largest absolute Gasteiger partial charge is 0.495 e. The number of aliphatic carboxylic acids is 1. The SMILES string of the molecule is COc1c(Br)cc(C)cc1C(N)CC(=O)O. The predicted molar refractivity (Wildman–Crippen MR) is 64.6 cm³/mol. The van der Waals surface area contributed by atoms with Crippen LogP contribution in [0.3, 0.4) is 0 Å². The Balaban J connectivity index is 3.15. The molecule has 0 spiro atoms. The second kappa shape index (κ2) is 5.32. The quantitative estimate of drug-likeness (QED) is 0.891. The topological polar surface area (TPSA) is 72.5 Å². The smallest absolute Gasteiger partial charge is 0.305 e. The fourth-order valence-electron chi connectivity index (χ4n) is 1.54. The summed E-state index contributed by atoms with van der Waals surface area (Å²) in [5, 5.41) is 8.71. The minimum atomic E-state index is -0.924. The van der Waals surface area contributed by atoms with Gasteiger partial charge in [-0.05, 0) is 34.5 Å². The van der Waals surface area contributed by atoms with Crippen molar-refractivity contribution in [2.45, 2.75) is 19.4 Å². The van der Waals surface area contributed by atoms with Gasteiger partial charge in [-0.15, -0.1) is 0 Å². The van der Waals surface area contributed by atoms with Gasteiger partial charge in [-0.3, -0.25) is 4.79 Å². The normalized spacial score (nSPS) is 12.2. The van der Waals surface area contributed by atoms with Gasteiger partial charge in [-0.2, -0.15) is 0 Å². The van der Waals surface area contributed by atoms with Crippen molar-refractivity contribution < 1.29 is 14.6 Å². The minimum absolute atomic E-state index is 0.119. The minimum Gasteiger partial charge on any atom is -0.495 e. The van der Waals surface area contributed by atoms with Gasteiger partial charge in [0.1, 0.15) is 5.75 Å². The Morgan fingerprint density at radius 3 is 2.75 bits per heavy atom. The Kier molecular flexibility index (Phi) is 4.32. The summed E-state index contributed by atoms with van der Waals surface area (Å²) >= 11 is 3.36. The molecule has 5 heteroatoms. The first-order valence-electron chi connectivity index (χ1n) is 4.77. The van der Waals surface area contributed by atoms with Gasteiger partial charge < -0.3 is 15.6 Å². The summed E-state index contributed by atoms with van der Waals surface area (Å²) in [5.41, 5.74) is 7.54. The van der Waals surface area contributed by atoms with E-state index >= 15 is 0 Å². The lowest BCUT2D eigenvalue weighted by molar-refractivity contribution is -0.137. The van der Waals surface area contributed by atoms with Gasteiger partial charge in [0.25, 0.3) is 0 Å². The summed E-state index contributed by atoms with van der Waals surface area (Å²) in [6.45, 7) is 1.92. The van der Waals surface area contributed by atoms with Gasteiger partial charge in [-0.1, -0.05) is 6.07 Å². The Hall–Kier alpha value is -1.07. The lowest BCUT2D eigenvalue weighted by Gasteiger charge is -2.16. The lowest BCUT2D eigenvalue weighted by atomic mass is 10.0. The maximum absolute atomic E-state index is 10.6. The molecule has 1 rings (SSSR count). The van der Waals surface area contributed by atoms with Crippen molar-refractivity contribution >= 4 is 21.9 Å². The monoisotopic (exact) mass is 287 g/mol. The number of carbonyl (C=O) groups is 1. The van der Waals surface area contributed by atoms with Crippen LogP contribution in [0.15, 0.2) is 16.6 Å². The van der Waals surface area contributed by atoms with E-state index in [4.69, 9.17) is 15.6 Å². The van der Waals surface area contributed by atoms with Crippen molar-refractivity contribution in [1.29, 1.82) is 0 Å². The van der Waals surface area contributed by atoms with Crippen LogP contribution in [0.2, 0.25) is 0 Å². The molecule has 0 aliphatic carbocycles. The predicted octanol–water partition coefficient (Wildman–Crippen LogP) is 2.24. The first kappa shape index (κ1) is 13.0. The van der Waals surface area contributed by atoms with Crippen molar-refractivity contribution in [1.82, 2.24) is 0 Å². The second-order valence-corrected chi connectivity index (χ2v) is 4.43. The molecule has 3 N–H and O–H groups in total. The van der Waals surface area contributed by atoms with E-state index in [1.165, 1.54) is 7.11 Å². The van der Waals surface area contributed by atoms with Gasteiger partial charge in [0.2, 0.25) is 0 Å². The van der Waals surface area contributed by atoms with E-state index in [1.807, 2.05) is 19.1 Å². The van der Waals surface area contributed by atoms with E-state index < -0.39 is 12.0 Å². The van der Waals surface area contributed by atoms with Crippen molar-refractivity contribution in [3.8, 4) is 5.75 Å². The summed E-state index contributed by atoms with van der Waals surface area (Å²) in [6, 6.07) is 3.18. The number of carboxylic acid groups (broad SMARTS) is 1. The average Bonchev–Trinajstić information content (AvgIpc) is 2.15. The van der Waals surface area contributed by atoms with Crippen molar-refractivity contribution in [2.75, 3.05) is 7.11 Å². The Morgan fingerprint density at radius 1 is 1.62 bits per heavy atom. The molecule has 4 nitrogen and oxygen atoms in total. The molecule has 0 bridgehead atoms. The highest BCUT2D eigenvalue weighted by atomic mass is 79.9. The van der Waals surface area contributed by atoms with Crippen LogP contribution in [-0.2, 0) is 4.79 Å².